The highest BCUT2D eigenvalue weighted by molar-refractivity contribution is 5.85. The number of nitrogens with zero attached hydrogens (tertiary/aromatic N) is 1. The molecule has 3 rings (SSSR count). The lowest BCUT2D eigenvalue weighted by Gasteiger charge is -2.19. The lowest BCUT2D eigenvalue weighted by molar-refractivity contribution is -0.129. The van der Waals surface area contributed by atoms with Gasteiger partial charge in [0.25, 0.3) is 0 Å². The maximum absolute atomic E-state index is 12.4. The Kier molecular flexibility index (Phi) is 3.33. The Morgan fingerprint density at radius 3 is 2.61 bits per heavy atom. The van der Waals surface area contributed by atoms with Crippen LogP contribution < -0.4 is 5.32 Å². The standard InChI is InChI=1S/C15H20N2O/c18-15-14(13-8-2-1-3-9-13)16-11-17(15)10-12-6-4-5-7-12/h1-3,8-9,12,14,16H,4-7,10-11H2. The molecular formula is C15H20N2O. The van der Waals surface area contributed by atoms with E-state index in [1.165, 1.54) is 25.7 Å². The molecular weight excluding hydrogens is 224 g/mol. The van der Waals surface area contributed by atoms with Gasteiger partial charge in [0.2, 0.25) is 5.91 Å². The molecule has 18 heavy (non-hydrogen) atoms. The molecule has 1 saturated heterocycles. The molecule has 3 nitrogen and oxygen atoms in total. The minimum Gasteiger partial charge on any atom is -0.328 e. The predicted octanol–water partition coefficient (Wildman–Crippen LogP) is 2.31. The Balaban J connectivity index is 1.65. The second kappa shape index (κ2) is 5.11. The zero-order chi connectivity index (χ0) is 12.4. The van der Waals surface area contributed by atoms with Crippen LogP contribution in [0.3, 0.4) is 0 Å². The topological polar surface area (TPSA) is 32.3 Å². The predicted molar refractivity (Wildman–Crippen MR) is 70.9 cm³/mol. The Labute approximate surface area is 108 Å². The van der Waals surface area contributed by atoms with Gasteiger partial charge in [-0.15, -0.1) is 0 Å². The molecule has 1 aromatic rings. The van der Waals surface area contributed by atoms with E-state index in [0.717, 1.165) is 18.0 Å². The van der Waals surface area contributed by atoms with Crippen molar-refractivity contribution in [3.8, 4) is 0 Å². The number of amides is 1. The number of carbonyl (C=O) groups is 1. The lowest BCUT2D eigenvalue weighted by Crippen LogP contribution is -2.31. The Bertz CT molecular complexity index is 412. The molecule has 96 valence electrons. The quantitative estimate of drug-likeness (QED) is 0.885. The van der Waals surface area contributed by atoms with Crippen LogP contribution in [0.5, 0.6) is 0 Å². The Hall–Kier alpha value is -1.35. The van der Waals surface area contributed by atoms with E-state index in [2.05, 4.69) is 5.32 Å². The molecule has 0 radical (unpaired) electrons. The van der Waals surface area contributed by atoms with Crippen molar-refractivity contribution in [3.63, 3.8) is 0 Å². The summed E-state index contributed by atoms with van der Waals surface area (Å²) in [6, 6.07) is 9.88. The molecule has 1 aliphatic heterocycles. The van der Waals surface area contributed by atoms with Crippen LogP contribution in [0, 0.1) is 5.92 Å². The van der Waals surface area contributed by atoms with Crippen molar-refractivity contribution < 1.29 is 4.79 Å². The van der Waals surface area contributed by atoms with Crippen LogP contribution in [-0.4, -0.2) is 24.0 Å². The number of carbonyl (C=O) groups excluding carboxylic acids is 1. The smallest absolute Gasteiger partial charge is 0.245 e. The van der Waals surface area contributed by atoms with Crippen molar-refractivity contribution >= 4 is 5.91 Å². The Morgan fingerprint density at radius 2 is 1.89 bits per heavy atom. The molecule has 0 bridgehead atoms. The third-order valence-electron chi connectivity index (χ3n) is 4.13. The number of hydrogen-bond acceptors (Lipinski definition) is 2. The summed E-state index contributed by atoms with van der Waals surface area (Å²) in [5, 5.41) is 3.32. The van der Waals surface area contributed by atoms with Crippen molar-refractivity contribution in [1.82, 2.24) is 10.2 Å². The van der Waals surface area contributed by atoms with E-state index < -0.39 is 0 Å². The van der Waals surface area contributed by atoms with Crippen molar-refractivity contribution in [2.24, 2.45) is 5.92 Å². The van der Waals surface area contributed by atoms with E-state index in [1.807, 2.05) is 35.2 Å². The average molecular weight is 244 g/mol. The monoisotopic (exact) mass is 244 g/mol. The van der Waals surface area contributed by atoms with Crippen molar-refractivity contribution in [1.29, 1.82) is 0 Å². The second-order valence-corrected chi connectivity index (χ2v) is 5.42. The fraction of sp³-hybridized carbons (Fsp3) is 0.533. The van der Waals surface area contributed by atoms with Gasteiger partial charge in [0.1, 0.15) is 6.04 Å². The molecule has 0 aromatic heterocycles. The van der Waals surface area contributed by atoms with E-state index in [4.69, 9.17) is 0 Å². The van der Waals surface area contributed by atoms with Gasteiger partial charge in [-0.25, -0.2) is 0 Å². The summed E-state index contributed by atoms with van der Waals surface area (Å²) in [5.74, 6) is 0.971. The average Bonchev–Trinajstić information content (AvgIpc) is 3.03. The molecule has 1 aromatic carbocycles. The first-order valence-electron chi connectivity index (χ1n) is 6.92. The third kappa shape index (κ3) is 2.27. The summed E-state index contributed by atoms with van der Waals surface area (Å²) in [5.41, 5.74) is 1.08. The summed E-state index contributed by atoms with van der Waals surface area (Å²) in [6.07, 6.45) is 5.25. The fourth-order valence-electron chi connectivity index (χ4n) is 3.11. The normalized spacial score (nSPS) is 25.0. The van der Waals surface area contributed by atoms with E-state index in [9.17, 15) is 4.79 Å². The van der Waals surface area contributed by atoms with Crippen LogP contribution in [0.15, 0.2) is 30.3 Å². The first-order chi connectivity index (χ1) is 8.84. The lowest BCUT2D eigenvalue weighted by atomic mass is 10.1. The third-order valence-corrected chi connectivity index (χ3v) is 4.13. The highest BCUT2D eigenvalue weighted by atomic mass is 16.2. The maximum atomic E-state index is 12.4. The molecule has 1 heterocycles. The molecule has 1 aliphatic carbocycles. The molecule has 2 aliphatic rings. The fourth-order valence-corrected chi connectivity index (χ4v) is 3.11. The van der Waals surface area contributed by atoms with Crippen LogP contribution in [0.25, 0.3) is 0 Å². The molecule has 1 unspecified atom stereocenters. The SMILES string of the molecule is O=C1C(c2ccccc2)NCN1CC1CCCC1. The van der Waals surface area contributed by atoms with Gasteiger partial charge < -0.3 is 4.90 Å². The van der Waals surface area contributed by atoms with Crippen LogP contribution in [0.1, 0.15) is 37.3 Å². The minimum absolute atomic E-state index is 0.132. The molecule has 3 heteroatoms. The maximum Gasteiger partial charge on any atom is 0.245 e. The summed E-state index contributed by atoms with van der Waals surface area (Å²) in [7, 11) is 0. The van der Waals surface area contributed by atoms with Gasteiger partial charge in [-0.1, -0.05) is 43.2 Å². The number of rotatable bonds is 3. The van der Waals surface area contributed by atoms with E-state index in [0.29, 0.717) is 6.67 Å². The van der Waals surface area contributed by atoms with Gasteiger partial charge in [0, 0.05) is 6.54 Å². The van der Waals surface area contributed by atoms with Crippen molar-refractivity contribution in [3.05, 3.63) is 35.9 Å². The Morgan fingerprint density at radius 1 is 1.17 bits per heavy atom. The van der Waals surface area contributed by atoms with Gasteiger partial charge >= 0.3 is 0 Å². The van der Waals surface area contributed by atoms with Crippen molar-refractivity contribution in [2.75, 3.05) is 13.2 Å². The first-order valence-corrected chi connectivity index (χ1v) is 6.92. The van der Waals surface area contributed by atoms with Gasteiger partial charge in [-0.2, -0.15) is 0 Å². The molecule has 0 spiro atoms. The van der Waals surface area contributed by atoms with Crippen molar-refractivity contribution in [2.45, 2.75) is 31.7 Å². The van der Waals surface area contributed by atoms with E-state index in [1.54, 1.807) is 0 Å². The summed E-state index contributed by atoms with van der Waals surface area (Å²) in [6.45, 7) is 1.64. The van der Waals surface area contributed by atoms with Crippen LogP contribution >= 0.6 is 0 Å². The highest BCUT2D eigenvalue weighted by Crippen LogP contribution is 2.28. The van der Waals surface area contributed by atoms with Gasteiger partial charge in [0.15, 0.2) is 0 Å². The first kappa shape index (κ1) is 11.7. The number of hydrogen-bond donors (Lipinski definition) is 1. The van der Waals surface area contributed by atoms with Gasteiger partial charge in [-0.05, 0) is 24.3 Å². The second-order valence-electron chi connectivity index (χ2n) is 5.42. The summed E-state index contributed by atoms with van der Waals surface area (Å²) < 4.78 is 0. The molecule has 2 fully saturated rings. The summed E-state index contributed by atoms with van der Waals surface area (Å²) >= 11 is 0. The van der Waals surface area contributed by atoms with Crippen LogP contribution in [0.2, 0.25) is 0 Å². The molecule has 1 amide bonds. The van der Waals surface area contributed by atoms with Crippen LogP contribution in [-0.2, 0) is 4.79 Å². The summed E-state index contributed by atoms with van der Waals surface area (Å²) in [4.78, 5) is 14.4. The molecule has 1 saturated carbocycles. The highest BCUT2D eigenvalue weighted by Gasteiger charge is 2.33. The minimum atomic E-state index is -0.132. The zero-order valence-corrected chi connectivity index (χ0v) is 10.6. The largest absolute Gasteiger partial charge is 0.328 e. The van der Waals surface area contributed by atoms with Crippen LogP contribution in [0.4, 0.5) is 0 Å². The molecule has 1 N–H and O–H groups in total. The van der Waals surface area contributed by atoms with E-state index in [-0.39, 0.29) is 11.9 Å². The van der Waals surface area contributed by atoms with Gasteiger partial charge in [-0.3, -0.25) is 10.1 Å². The number of nitrogens with one attached hydrogen (secondary N) is 1. The molecule has 1 atom stereocenters. The van der Waals surface area contributed by atoms with Gasteiger partial charge in [0.05, 0.1) is 6.67 Å². The van der Waals surface area contributed by atoms with E-state index >= 15 is 0 Å². The zero-order valence-electron chi connectivity index (χ0n) is 10.6. The number of benzene rings is 1.